The van der Waals surface area contributed by atoms with Crippen LogP contribution < -0.4 is 20.1 Å². The molecule has 0 radical (unpaired) electrons. The number of ether oxygens (including phenoxy) is 3. The molecular weight excluding hydrogens is 448 g/mol. The molecule has 3 aromatic rings. The SMILES string of the molecule is CCOC(=O)Oc1ccc(C(=O)NCc2cccc(NC(=O)CCc3cccc(OC)c3)c2)cc1. The van der Waals surface area contributed by atoms with Crippen molar-refractivity contribution in [1.82, 2.24) is 5.32 Å². The lowest BCUT2D eigenvalue weighted by molar-refractivity contribution is -0.116. The normalized spacial score (nSPS) is 10.2. The Bertz CT molecular complexity index is 1160. The van der Waals surface area contributed by atoms with Crippen LogP contribution in [0.5, 0.6) is 11.5 Å². The highest BCUT2D eigenvalue weighted by Gasteiger charge is 2.09. The Hall–Kier alpha value is -4.33. The third kappa shape index (κ3) is 8.19. The number of nitrogens with one attached hydrogen (secondary N) is 2. The number of rotatable bonds is 10. The lowest BCUT2D eigenvalue weighted by Crippen LogP contribution is -2.22. The Kier molecular flexibility index (Phi) is 9.24. The smallest absolute Gasteiger partial charge is 0.497 e. The molecule has 0 heterocycles. The van der Waals surface area contributed by atoms with Crippen molar-refractivity contribution < 1.29 is 28.6 Å². The van der Waals surface area contributed by atoms with Gasteiger partial charge in [0.05, 0.1) is 13.7 Å². The fourth-order valence-electron chi connectivity index (χ4n) is 3.27. The molecule has 0 unspecified atom stereocenters. The highest BCUT2D eigenvalue weighted by molar-refractivity contribution is 5.94. The van der Waals surface area contributed by atoms with Crippen LogP contribution in [0.4, 0.5) is 10.5 Å². The number of hydrogen-bond donors (Lipinski definition) is 2. The molecule has 3 aromatic carbocycles. The van der Waals surface area contributed by atoms with Crippen molar-refractivity contribution >= 4 is 23.7 Å². The van der Waals surface area contributed by atoms with Gasteiger partial charge in [0.15, 0.2) is 0 Å². The Morgan fingerprint density at radius 3 is 2.34 bits per heavy atom. The van der Waals surface area contributed by atoms with Gasteiger partial charge < -0.3 is 24.8 Å². The third-order valence-corrected chi connectivity index (χ3v) is 5.02. The molecule has 182 valence electrons. The number of methoxy groups -OCH3 is 1. The van der Waals surface area contributed by atoms with Crippen LogP contribution in [-0.2, 0) is 22.5 Å². The van der Waals surface area contributed by atoms with Crippen LogP contribution in [-0.4, -0.2) is 31.7 Å². The van der Waals surface area contributed by atoms with E-state index in [1.54, 1.807) is 32.2 Å². The minimum absolute atomic E-state index is 0.0980. The molecule has 8 heteroatoms. The van der Waals surface area contributed by atoms with E-state index in [2.05, 4.69) is 10.6 Å². The number of benzene rings is 3. The summed E-state index contributed by atoms with van der Waals surface area (Å²) in [6.07, 6.45) is 0.142. The molecule has 0 aliphatic carbocycles. The van der Waals surface area contributed by atoms with E-state index in [1.165, 1.54) is 12.1 Å². The molecule has 0 spiro atoms. The van der Waals surface area contributed by atoms with E-state index < -0.39 is 6.16 Å². The van der Waals surface area contributed by atoms with Gasteiger partial charge in [-0.2, -0.15) is 0 Å². The third-order valence-electron chi connectivity index (χ3n) is 5.02. The monoisotopic (exact) mass is 476 g/mol. The van der Waals surface area contributed by atoms with Crippen LogP contribution in [0, 0.1) is 0 Å². The minimum Gasteiger partial charge on any atom is -0.497 e. The molecule has 2 amide bonds. The number of aryl methyl sites for hydroxylation is 1. The predicted molar refractivity (Wildman–Crippen MR) is 132 cm³/mol. The van der Waals surface area contributed by atoms with Gasteiger partial charge in [0.1, 0.15) is 11.5 Å². The fourth-order valence-corrected chi connectivity index (χ4v) is 3.27. The summed E-state index contributed by atoms with van der Waals surface area (Å²) in [6.45, 7) is 2.18. The maximum Gasteiger partial charge on any atom is 0.513 e. The van der Waals surface area contributed by atoms with Crippen molar-refractivity contribution in [3.05, 3.63) is 89.5 Å². The van der Waals surface area contributed by atoms with Crippen molar-refractivity contribution in [1.29, 1.82) is 0 Å². The van der Waals surface area contributed by atoms with Crippen molar-refractivity contribution in [2.45, 2.75) is 26.3 Å². The molecule has 0 aliphatic rings. The predicted octanol–water partition coefficient (Wildman–Crippen LogP) is 4.73. The van der Waals surface area contributed by atoms with Gasteiger partial charge in [-0.1, -0.05) is 24.3 Å². The molecule has 0 aromatic heterocycles. The summed E-state index contributed by atoms with van der Waals surface area (Å²) in [5.74, 6) is 0.674. The zero-order valence-electron chi connectivity index (χ0n) is 19.7. The van der Waals surface area contributed by atoms with E-state index in [0.717, 1.165) is 16.9 Å². The lowest BCUT2D eigenvalue weighted by atomic mass is 10.1. The van der Waals surface area contributed by atoms with Crippen molar-refractivity contribution in [2.24, 2.45) is 0 Å². The summed E-state index contributed by atoms with van der Waals surface area (Å²) in [7, 11) is 1.61. The second-order valence-corrected chi connectivity index (χ2v) is 7.59. The quantitative estimate of drug-likeness (QED) is 0.324. The zero-order chi connectivity index (χ0) is 25.0. The molecule has 0 aliphatic heterocycles. The highest BCUT2D eigenvalue weighted by Crippen LogP contribution is 2.16. The zero-order valence-corrected chi connectivity index (χ0v) is 19.7. The summed E-state index contributed by atoms with van der Waals surface area (Å²) in [4.78, 5) is 36.2. The van der Waals surface area contributed by atoms with E-state index >= 15 is 0 Å². The van der Waals surface area contributed by atoms with Crippen LogP contribution in [0.1, 0.15) is 34.8 Å². The highest BCUT2D eigenvalue weighted by atomic mass is 16.7. The van der Waals surface area contributed by atoms with Crippen molar-refractivity contribution in [3.8, 4) is 11.5 Å². The molecule has 2 N–H and O–H groups in total. The molecule has 0 saturated heterocycles. The molecule has 3 rings (SSSR count). The summed E-state index contributed by atoms with van der Waals surface area (Å²) >= 11 is 0. The Balaban J connectivity index is 1.48. The van der Waals surface area contributed by atoms with Crippen molar-refractivity contribution in [2.75, 3.05) is 19.0 Å². The van der Waals surface area contributed by atoms with E-state index in [9.17, 15) is 14.4 Å². The van der Waals surface area contributed by atoms with Gasteiger partial charge in [-0.05, 0) is 73.0 Å². The van der Waals surface area contributed by atoms with Gasteiger partial charge in [-0.15, -0.1) is 0 Å². The fraction of sp³-hybridized carbons (Fsp3) is 0.222. The van der Waals surface area contributed by atoms with Gasteiger partial charge in [0, 0.05) is 24.2 Å². The van der Waals surface area contributed by atoms with Crippen molar-refractivity contribution in [3.63, 3.8) is 0 Å². The molecule has 0 fully saturated rings. The molecule has 8 nitrogen and oxygen atoms in total. The first kappa shape index (κ1) is 25.3. The summed E-state index contributed by atoms with van der Waals surface area (Å²) in [6, 6.07) is 21.1. The lowest BCUT2D eigenvalue weighted by Gasteiger charge is -2.10. The molecular formula is C27H28N2O6. The number of hydrogen-bond acceptors (Lipinski definition) is 6. The van der Waals surface area contributed by atoms with E-state index in [-0.39, 0.29) is 30.7 Å². The van der Waals surface area contributed by atoms with Gasteiger partial charge in [0.2, 0.25) is 5.91 Å². The van der Waals surface area contributed by atoms with E-state index in [4.69, 9.17) is 14.2 Å². The van der Waals surface area contributed by atoms with Crippen LogP contribution >= 0.6 is 0 Å². The average molecular weight is 477 g/mol. The van der Waals surface area contributed by atoms with E-state index in [0.29, 0.717) is 24.1 Å². The second-order valence-electron chi connectivity index (χ2n) is 7.59. The average Bonchev–Trinajstić information content (AvgIpc) is 2.87. The minimum atomic E-state index is -0.794. The van der Waals surface area contributed by atoms with Gasteiger partial charge in [-0.25, -0.2) is 4.79 Å². The first-order valence-electron chi connectivity index (χ1n) is 11.2. The number of carbonyl (C=O) groups excluding carboxylic acids is 3. The largest absolute Gasteiger partial charge is 0.513 e. The Morgan fingerprint density at radius 1 is 0.857 bits per heavy atom. The van der Waals surface area contributed by atoms with Gasteiger partial charge >= 0.3 is 6.16 Å². The first-order valence-corrected chi connectivity index (χ1v) is 11.2. The standard InChI is InChI=1S/C27H28N2O6/c1-3-34-27(32)35-23-13-11-21(12-14-23)26(31)28-18-20-7-4-8-22(16-20)29-25(30)15-10-19-6-5-9-24(17-19)33-2/h4-9,11-14,16-17H,3,10,15,18H2,1-2H3,(H,28,31)(H,29,30). The first-order chi connectivity index (χ1) is 17.0. The number of amides is 2. The maximum atomic E-state index is 12.5. The summed E-state index contributed by atoms with van der Waals surface area (Å²) in [5, 5.41) is 5.73. The van der Waals surface area contributed by atoms with Gasteiger partial charge in [-0.3, -0.25) is 9.59 Å². The second kappa shape index (κ2) is 12.8. The van der Waals surface area contributed by atoms with Gasteiger partial charge in [0.25, 0.3) is 5.91 Å². The van der Waals surface area contributed by atoms with Crippen LogP contribution in [0.3, 0.4) is 0 Å². The van der Waals surface area contributed by atoms with Crippen LogP contribution in [0.2, 0.25) is 0 Å². The molecule has 0 bridgehead atoms. The van der Waals surface area contributed by atoms with Crippen LogP contribution in [0.25, 0.3) is 0 Å². The molecule has 0 atom stereocenters. The maximum absolute atomic E-state index is 12.5. The summed E-state index contributed by atoms with van der Waals surface area (Å²) in [5.41, 5.74) is 2.94. The molecule has 0 saturated carbocycles. The number of anilines is 1. The van der Waals surface area contributed by atoms with Crippen LogP contribution in [0.15, 0.2) is 72.8 Å². The Labute approximate surface area is 204 Å². The Morgan fingerprint density at radius 2 is 1.60 bits per heavy atom. The summed E-state index contributed by atoms with van der Waals surface area (Å²) < 4.78 is 14.9. The molecule has 35 heavy (non-hydrogen) atoms. The topological polar surface area (TPSA) is 103 Å². The van der Waals surface area contributed by atoms with E-state index in [1.807, 2.05) is 42.5 Å². The number of carbonyl (C=O) groups is 3.